The minimum atomic E-state index is 0.769. The van der Waals surface area contributed by atoms with Gasteiger partial charge < -0.3 is 5.32 Å². The van der Waals surface area contributed by atoms with E-state index < -0.39 is 0 Å². The van der Waals surface area contributed by atoms with Crippen molar-refractivity contribution in [3.05, 3.63) is 42.0 Å². The molecular weight excluding hydrogens is 224 g/mol. The second-order valence-corrected chi connectivity index (χ2v) is 4.24. The normalized spacial score (nSPS) is 10.6. The summed E-state index contributed by atoms with van der Waals surface area (Å²) in [5, 5.41) is 3.34. The molecule has 0 saturated carbocycles. The first kappa shape index (κ1) is 12.6. The number of hydrogen-bond acceptors (Lipinski definition) is 4. The van der Waals surface area contributed by atoms with E-state index in [-0.39, 0.29) is 0 Å². The summed E-state index contributed by atoms with van der Waals surface area (Å²) in [5.74, 6) is 0.769. The number of nitrogens with one attached hydrogen (secondary N) is 1. The van der Waals surface area contributed by atoms with Crippen molar-refractivity contribution in [2.75, 3.05) is 6.54 Å². The predicted octanol–water partition coefficient (Wildman–Crippen LogP) is 2.35. The van der Waals surface area contributed by atoms with Gasteiger partial charge in [0, 0.05) is 30.7 Å². The van der Waals surface area contributed by atoms with Crippen molar-refractivity contribution in [3.63, 3.8) is 0 Å². The topological polar surface area (TPSA) is 50.7 Å². The van der Waals surface area contributed by atoms with Gasteiger partial charge >= 0.3 is 0 Å². The van der Waals surface area contributed by atoms with Crippen LogP contribution in [-0.2, 0) is 6.54 Å². The van der Waals surface area contributed by atoms with Gasteiger partial charge in [-0.2, -0.15) is 0 Å². The van der Waals surface area contributed by atoms with Gasteiger partial charge in [-0.15, -0.1) is 0 Å². The molecule has 0 saturated heterocycles. The summed E-state index contributed by atoms with van der Waals surface area (Å²) in [6.07, 6.45) is 6.54. The van der Waals surface area contributed by atoms with Crippen LogP contribution in [0.25, 0.3) is 11.4 Å². The molecule has 0 radical (unpaired) electrons. The van der Waals surface area contributed by atoms with Crippen molar-refractivity contribution in [2.24, 2.45) is 0 Å². The molecule has 0 aliphatic rings. The van der Waals surface area contributed by atoms with Gasteiger partial charge in [0.15, 0.2) is 5.82 Å². The molecule has 94 valence electrons. The minimum absolute atomic E-state index is 0.769. The lowest BCUT2D eigenvalue weighted by atomic mass is 10.1. The van der Waals surface area contributed by atoms with Gasteiger partial charge in [0.1, 0.15) is 0 Å². The number of aromatic nitrogens is 3. The predicted molar refractivity (Wildman–Crippen MR) is 72.0 cm³/mol. The van der Waals surface area contributed by atoms with Crippen molar-refractivity contribution in [3.8, 4) is 11.4 Å². The maximum absolute atomic E-state index is 4.57. The number of rotatable bonds is 5. The lowest BCUT2D eigenvalue weighted by Crippen LogP contribution is -2.15. The molecule has 4 nitrogen and oxygen atoms in total. The molecule has 4 heteroatoms. The van der Waals surface area contributed by atoms with E-state index in [0.717, 1.165) is 42.2 Å². The Morgan fingerprint density at radius 2 is 2.11 bits per heavy atom. The SMILES string of the molecule is CCCNCc1ccnc(-c2ccncc2C)n1. The Morgan fingerprint density at radius 3 is 2.89 bits per heavy atom. The summed E-state index contributed by atoms with van der Waals surface area (Å²) in [4.78, 5) is 13.0. The van der Waals surface area contributed by atoms with Crippen molar-refractivity contribution >= 4 is 0 Å². The Labute approximate surface area is 108 Å². The Bertz CT molecular complexity index is 511. The molecule has 0 aliphatic heterocycles. The van der Waals surface area contributed by atoms with Crippen LogP contribution < -0.4 is 5.32 Å². The molecule has 18 heavy (non-hydrogen) atoms. The summed E-state index contributed by atoms with van der Waals surface area (Å²) < 4.78 is 0. The van der Waals surface area contributed by atoms with Gasteiger partial charge in [-0.25, -0.2) is 9.97 Å². The fourth-order valence-electron chi connectivity index (χ4n) is 1.74. The van der Waals surface area contributed by atoms with Crippen molar-refractivity contribution in [1.82, 2.24) is 20.3 Å². The first-order valence-corrected chi connectivity index (χ1v) is 6.25. The van der Waals surface area contributed by atoms with E-state index >= 15 is 0 Å². The third kappa shape index (κ3) is 3.11. The standard InChI is InChI=1S/C14H18N4/c1-3-6-15-10-12-4-8-17-14(18-12)13-5-7-16-9-11(13)2/h4-5,7-9,15H,3,6,10H2,1-2H3. The lowest BCUT2D eigenvalue weighted by Gasteiger charge is -2.06. The van der Waals surface area contributed by atoms with Crippen LogP contribution in [0.5, 0.6) is 0 Å². The van der Waals surface area contributed by atoms with E-state index in [1.165, 1.54) is 0 Å². The number of nitrogens with zero attached hydrogens (tertiary/aromatic N) is 3. The molecule has 2 aromatic heterocycles. The van der Waals surface area contributed by atoms with Crippen LogP contribution in [0.2, 0.25) is 0 Å². The Balaban J connectivity index is 2.19. The molecule has 2 heterocycles. The molecule has 0 fully saturated rings. The van der Waals surface area contributed by atoms with Crippen molar-refractivity contribution < 1.29 is 0 Å². The van der Waals surface area contributed by atoms with Gasteiger partial charge in [0.2, 0.25) is 0 Å². The number of aryl methyl sites for hydroxylation is 1. The molecular formula is C14H18N4. The van der Waals surface area contributed by atoms with Crippen LogP contribution in [0.4, 0.5) is 0 Å². The second-order valence-electron chi connectivity index (χ2n) is 4.24. The fourth-order valence-corrected chi connectivity index (χ4v) is 1.74. The van der Waals surface area contributed by atoms with E-state index in [2.05, 4.69) is 27.2 Å². The Morgan fingerprint density at radius 1 is 1.22 bits per heavy atom. The van der Waals surface area contributed by atoms with Crippen LogP contribution in [0.1, 0.15) is 24.6 Å². The summed E-state index contributed by atoms with van der Waals surface area (Å²) >= 11 is 0. The highest BCUT2D eigenvalue weighted by Gasteiger charge is 2.05. The molecule has 1 N–H and O–H groups in total. The molecule has 0 aliphatic carbocycles. The van der Waals surface area contributed by atoms with Crippen molar-refractivity contribution in [1.29, 1.82) is 0 Å². The minimum Gasteiger partial charge on any atom is -0.311 e. The highest BCUT2D eigenvalue weighted by Crippen LogP contribution is 2.17. The van der Waals surface area contributed by atoms with Crippen LogP contribution in [0, 0.1) is 6.92 Å². The first-order chi connectivity index (χ1) is 8.81. The molecule has 0 atom stereocenters. The van der Waals surface area contributed by atoms with E-state index in [0.29, 0.717) is 0 Å². The van der Waals surface area contributed by atoms with Crippen molar-refractivity contribution in [2.45, 2.75) is 26.8 Å². The smallest absolute Gasteiger partial charge is 0.159 e. The van der Waals surface area contributed by atoms with Crippen LogP contribution in [0.3, 0.4) is 0 Å². The largest absolute Gasteiger partial charge is 0.311 e. The quantitative estimate of drug-likeness (QED) is 0.818. The molecule has 0 amide bonds. The molecule has 2 rings (SSSR count). The van der Waals surface area contributed by atoms with Gasteiger partial charge in [0.05, 0.1) is 5.69 Å². The first-order valence-electron chi connectivity index (χ1n) is 6.25. The maximum Gasteiger partial charge on any atom is 0.159 e. The molecule has 0 spiro atoms. The third-order valence-corrected chi connectivity index (χ3v) is 2.71. The van der Waals surface area contributed by atoms with E-state index in [4.69, 9.17) is 0 Å². The fraction of sp³-hybridized carbons (Fsp3) is 0.357. The average molecular weight is 242 g/mol. The van der Waals surface area contributed by atoms with Crippen LogP contribution in [-0.4, -0.2) is 21.5 Å². The molecule has 0 bridgehead atoms. The van der Waals surface area contributed by atoms with Gasteiger partial charge in [-0.05, 0) is 37.6 Å². The van der Waals surface area contributed by atoms with Gasteiger partial charge in [-0.1, -0.05) is 6.92 Å². The zero-order valence-electron chi connectivity index (χ0n) is 10.8. The third-order valence-electron chi connectivity index (χ3n) is 2.71. The highest BCUT2D eigenvalue weighted by molar-refractivity contribution is 5.58. The van der Waals surface area contributed by atoms with Gasteiger partial charge in [-0.3, -0.25) is 4.98 Å². The summed E-state index contributed by atoms with van der Waals surface area (Å²) in [6.45, 7) is 5.97. The number of hydrogen-bond donors (Lipinski definition) is 1. The lowest BCUT2D eigenvalue weighted by molar-refractivity contribution is 0.663. The molecule has 2 aromatic rings. The Hall–Kier alpha value is -1.81. The van der Waals surface area contributed by atoms with Crippen LogP contribution in [0.15, 0.2) is 30.7 Å². The monoisotopic (exact) mass is 242 g/mol. The zero-order valence-corrected chi connectivity index (χ0v) is 10.8. The van der Waals surface area contributed by atoms with E-state index in [1.807, 2.05) is 31.5 Å². The summed E-state index contributed by atoms with van der Waals surface area (Å²) in [6, 6.07) is 3.90. The summed E-state index contributed by atoms with van der Waals surface area (Å²) in [7, 11) is 0. The second kappa shape index (κ2) is 6.21. The van der Waals surface area contributed by atoms with Crippen LogP contribution >= 0.6 is 0 Å². The highest BCUT2D eigenvalue weighted by atomic mass is 14.9. The van der Waals surface area contributed by atoms with E-state index in [1.54, 1.807) is 6.20 Å². The van der Waals surface area contributed by atoms with E-state index in [9.17, 15) is 0 Å². The zero-order chi connectivity index (χ0) is 12.8. The maximum atomic E-state index is 4.57. The molecule has 0 aromatic carbocycles. The van der Waals surface area contributed by atoms with Gasteiger partial charge in [0.25, 0.3) is 0 Å². The number of pyridine rings is 1. The Kier molecular flexibility index (Phi) is 4.36. The summed E-state index contributed by atoms with van der Waals surface area (Å²) in [5.41, 5.74) is 3.16. The molecule has 0 unspecified atom stereocenters. The average Bonchev–Trinajstić information content (AvgIpc) is 2.40.